The van der Waals surface area contributed by atoms with E-state index >= 15 is 0 Å². The van der Waals surface area contributed by atoms with Crippen LogP contribution >= 0.6 is 0 Å². The van der Waals surface area contributed by atoms with Crippen molar-refractivity contribution in [2.24, 2.45) is 0 Å². The van der Waals surface area contributed by atoms with Crippen LogP contribution in [0.3, 0.4) is 0 Å². The lowest BCUT2D eigenvalue weighted by Crippen LogP contribution is -2.08. The number of aliphatic carboxylic acids is 1. The van der Waals surface area contributed by atoms with E-state index in [2.05, 4.69) is 10.1 Å². The molecule has 2 rings (SSSR count). The van der Waals surface area contributed by atoms with Crippen molar-refractivity contribution in [1.82, 2.24) is 14.8 Å². The Hall–Kier alpha value is -2.77. The SMILES string of the molecule is CC(CCC(=O)O)n1cnc(-c2cccc([N+](=O)[O-])c2)n1. The zero-order valence-corrected chi connectivity index (χ0v) is 11.3. The van der Waals surface area contributed by atoms with Gasteiger partial charge < -0.3 is 5.11 Å². The molecule has 0 amide bonds. The van der Waals surface area contributed by atoms with Crippen LogP contribution in [0.15, 0.2) is 30.6 Å². The highest BCUT2D eigenvalue weighted by atomic mass is 16.6. The summed E-state index contributed by atoms with van der Waals surface area (Å²) in [7, 11) is 0. The average Bonchev–Trinajstić information content (AvgIpc) is 2.94. The van der Waals surface area contributed by atoms with Crippen LogP contribution in [-0.2, 0) is 4.79 Å². The van der Waals surface area contributed by atoms with E-state index in [4.69, 9.17) is 5.11 Å². The van der Waals surface area contributed by atoms with E-state index in [-0.39, 0.29) is 18.2 Å². The number of non-ortho nitro benzene ring substituents is 1. The maximum absolute atomic E-state index is 10.8. The molecule has 1 aromatic heterocycles. The van der Waals surface area contributed by atoms with Crippen LogP contribution in [0, 0.1) is 10.1 Å². The molecule has 0 radical (unpaired) electrons. The molecule has 2 aromatic rings. The third-order valence-electron chi connectivity index (χ3n) is 3.05. The van der Waals surface area contributed by atoms with Crippen LogP contribution in [0.4, 0.5) is 5.69 Å². The Kier molecular flexibility index (Phi) is 4.27. The maximum atomic E-state index is 10.8. The number of carboxylic acids is 1. The van der Waals surface area contributed by atoms with Crippen molar-refractivity contribution >= 4 is 11.7 Å². The van der Waals surface area contributed by atoms with Gasteiger partial charge in [-0.05, 0) is 13.3 Å². The van der Waals surface area contributed by atoms with Crippen molar-refractivity contribution in [3.63, 3.8) is 0 Å². The first-order valence-electron chi connectivity index (χ1n) is 6.35. The van der Waals surface area contributed by atoms with Gasteiger partial charge >= 0.3 is 5.97 Å². The Bertz CT molecular complexity index is 668. The molecule has 0 bridgehead atoms. The normalized spacial score (nSPS) is 12.0. The number of carbonyl (C=O) groups is 1. The number of nitro groups is 1. The van der Waals surface area contributed by atoms with E-state index < -0.39 is 10.9 Å². The number of carboxylic acid groups (broad SMARTS) is 1. The summed E-state index contributed by atoms with van der Waals surface area (Å²) in [4.78, 5) is 24.9. The van der Waals surface area contributed by atoms with Crippen LogP contribution in [0.1, 0.15) is 25.8 Å². The number of benzene rings is 1. The van der Waals surface area contributed by atoms with Crippen molar-refractivity contribution in [3.8, 4) is 11.4 Å². The molecule has 8 heteroatoms. The molecule has 1 heterocycles. The summed E-state index contributed by atoms with van der Waals surface area (Å²) >= 11 is 0. The molecule has 0 fully saturated rings. The second-order valence-electron chi connectivity index (χ2n) is 4.64. The number of aromatic nitrogens is 3. The molecule has 0 saturated heterocycles. The Labute approximate surface area is 120 Å². The summed E-state index contributed by atoms with van der Waals surface area (Å²) in [6.07, 6.45) is 1.99. The molecular formula is C13H14N4O4. The summed E-state index contributed by atoms with van der Waals surface area (Å²) < 4.78 is 1.57. The zero-order chi connectivity index (χ0) is 15.4. The highest BCUT2D eigenvalue weighted by Gasteiger charge is 2.13. The topological polar surface area (TPSA) is 111 Å². The van der Waals surface area contributed by atoms with Gasteiger partial charge in [-0.15, -0.1) is 0 Å². The standard InChI is InChI=1S/C13H14N4O4/c1-9(5-6-12(18)19)16-8-14-13(15-16)10-3-2-4-11(7-10)17(20)21/h2-4,7-9H,5-6H2,1H3,(H,18,19). The molecule has 0 aliphatic rings. The van der Waals surface area contributed by atoms with Crippen LogP contribution in [-0.4, -0.2) is 30.8 Å². The van der Waals surface area contributed by atoms with Gasteiger partial charge in [0, 0.05) is 24.1 Å². The largest absolute Gasteiger partial charge is 0.481 e. The lowest BCUT2D eigenvalue weighted by molar-refractivity contribution is -0.384. The summed E-state index contributed by atoms with van der Waals surface area (Å²) in [6.45, 7) is 1.84. The fourth-order valence-corrected chi connectivity index (χ4v) is 1.84. The predicted molar refractivity (Wildman–Crippen MR) is 73.7 cm³/mol. The van der Waals surface area contributed by atoms with E-state index in [1.165, 1.54) is 18.5 Å². The lowest BCUT2D eigenvalue weighted by Gasteiger charge is -2.09. The molecule has 8 nitrogen and oxygen atoms in total. The predicted octanol–water partition coefficient (Wildman–Crippen LogP) is 2.28. The van der Waals surface area contributed by atoms with Gasteiger partial charge in [0.1, 0.15) is 6.33 Å². The van der Waals surface area contributed by atoms with Gasteiger partial charge in [-0.25, -0.2) is 9.67 Å². The van der Waals surface area contributed by atoms with E-state index in [1.807, 2.05) is 6.92 Å². The molecule has 1 aromatic carbocycles. The van der Waals surface area contributed by atoms with Crippen molar-refractivity contribution < 1.29 is 14.8 Å². The molecular weight excluding hydrogens is 276 g/mol. The van der Waals surface area contributed by atoms with Gasteiger partial charge in [0.05, 0.1) is 11.0 Å². The van der Waals surface area contributed by atoms with Crippen molar-refractivity contribution in [1.29, 1.82) is 0 Å². The molecule has 0 saturated carbocycles. The Morgan fingerprint density at radius 3 is 2.95 bits per heavy atom. The smallest absolute Gasteiger partial charge is 0.303 e. The summed E-state index contributed by atoms with van der Waals surface area (Å²) in [5, 5.41) is 23.7. The highest BCUT2D eigenvalue weighted by molar-refractivity contribution is 5.66. The fraction of sp³-hybridized carbons (Fsp3) is 0.308. The first-order chi connectivity index (χ1) is 9.97. The minimum Gasteiger partial charge on any atom is -0.481 e. The number of hydrogen-bond donors (Lipinski definition) is 1. The molecule has 1 atom stereocenters. The fourth-order valence-electron chi connectivity index (χ4n) is 1.84. The number of nitro benzene ring substituents is 1. The van der Waals surface area contributed by atoms with Gasteiger partial charge in [-0.3, -0.25) is 14.9 Å². The monoisotopic (exact) mass is 290 g/mol. The maximum Gasteiger partial charge on any atom is 0.303 e. The molecule has 1 unspecified atom stereocenters. The number of nitrogens with zero attached hydrogens (tertiary/aromatic N) is 4. The molecule has 0 aliphatic heterocycles. The summed E-state index contributed by atoms with van der Waals surface area (Å²) in [6, 6.07) is 5.95. The minimum atomic E-state index is -0.860. The van der Waals surface area contributed by atoms with Crippen LogP contribution < -0.4 is 0 Å². The number of hydrogen-bond acceptors (Lipinski definition) is 5. The second kappa shape index (κ2) is 6.12. The van der Waals surface area contributed by atoms with Gasteiger partial charge in [-0.1, -0.05) is 12.1 Å². The highest BCUT2D eigenvalue weighted by Crippen LogP contribution is 2.21. The summed E-state index contributed by atoms with van der Waals surface area (Å²) in [5.41, 5.74) is 0.524. The van der Waals surface area contributed by atoms with Crippen LogP contribution in [0.5, 0.6) is 0 Å². The van der Waals surface area contributed by atoms with Crippen LogP contribution in [0.2, 0.25) is 0 Å². The molecule has 21 heavy (non-hydrogen) atoms. The first kappa shape index (κ1) is 14.6. The molecule has 0 spiro atoms. The number of rotatable bonds is 6. The third-order valence-corrected chi connectivity index (χ3v) is 3.05. The molecule has 0 aliphatic carbocycles. The third kappa shape index (κ3) is 3.62. The van der Waals surface area contributed by atoms with E-state index in [0.29, 0.717) is 17.8 Å². The molecule has 1 N–H and O–H groups in total. The van der Waals surface area contributed by atoms with E-state index in [0.717, 1.165) is 0 Å². The van der Waals surface area contributed by atoms with Crippen LogP contribution in [0.25, 0.3) is 11.4 Å². The summed E-state index contributed by atoms with van der Waals surface area (Å²) in [5.74, 6) is -0.484. The van der Waals surface area contributed by atoms with E-state index in [1.54, 1.807) is 16.8 Å². The van der Waals surface area contributed by atoms with Gasteiger partial charge in [-0.2, -0.15) is 5.10 Å². The lowest BCUT2D eigenvalue weighted by atomic mass is 10.2. The zero-order valence-electron chi connectivity index (χ0n) is 11.3. The quantitative estimate of drug-likeness (QED) is 0.645. The Morgan fingerprint density at radius 2 is 2.29 bits per heavy atom. The average molecular weight is 290 g/mol. The van der Waals surface area contributed by atoms with E-state index in [9.17, 15) is 14.9 Å². The van der Waals surface area contributed by atoms with Crippen molar-refractivity contribution in [2.75, 3.05) is 0 Å². The van der Waals surface area contributed by atoms with Gasteiger partial charge in [0.2, 0.25) is 0 Å². The molecule has 110 valence electrons. The first-order valence-corrected chi connectivity index (χ1v) is 6.35. The van der Waals surface area contributed by atoms with Crippen molar-refractivity contribution in [2.45, 2.75) is 25.8 Å². The van der Waals surface area contributed by atoms with Crippen molar-refractivity contribution in [3.05, 3.63) is 40.7 Å². The minimum absolute atomic E-state index is 0.0252. The Balaban J connectivity index is 2.17. The van der Waals surface area contributed by atoms with Gasteiger partial charge in [0.25, 0.3) is 5.69 Å². The van der Waals surface area contributed by atoms with Gasteiger partial charge in [0.15, 0.2) is 5.82 Å². The second-order valence-corrected chi connectivity index (χ2v) is 4.64. The Morgan fingerprint density at radius 1 is 1.52 bits per heavy atom.